The fraction of sp³-hybridized carbons (Fsp3) is 0.514. The Morgan fingerprint density at radius 3 is 2.52 bits per heavy atom. The number of halogens is 1. The van der Waals surface area contributed by atoms with E-state index in [1.54, 1.807) is 40.7 Å². The number of hydrogen-bond donors (Lipinski definition) is 2. The summed E-state index contributed by atoms with van der Waals surface area (Å²) in [6.45, 7) is 16.1. The second-order valence-corrected chi connectivity index (χ2v) is 16.5. The number of aryl methyl sites for hydroxylation is 2. The molecule has 3 aromatic rings. The zero-order valence-corrected chi connectivity index (χ0v) is 30.3. The van der Waals surface area contributed by atoms with Crippen LogP contribution >= 0.6 is 11.6 Å². The number of hydrogen-bond acceptors (Lipinski definition) is 10. The Hall–Kier alpha value is -3.45. The molecule has 1 saturated heterocycles. The molecule has 0 radical (unpaired) electrons. The molecule has 13 heteroatoms. The zero-order valence-electron chi connectivity index (χ0n) is 28.7. The Morgan fingerprint density at radius 2 is 1.85 bits per heavy atom. The van der Waals surface area contributed by atoms with Crippen molar-refractivity contribution in [3.05, 3.63) is 63.1 Å². The Balaban J connectivity index is 1.32. The largest absolute Gasteiger partial charge is 0.597 e. The highest BCUT2D eigenvalue weighted by atomic mass is 35.5. The summed E-state index contributed by atoms with van der Waals surface area (Å²) in [4.78, 5) is 42.2. The molecule has 4 heterocycles. The molecule has 1 amide bonds. The maximum atomic E-state index is 13.4. The van der Waals surface area contributed by atoms with Gasteiger partial charge in [-0.15, -0.1) is 4.72 Å². The average molecular weight is 695 g/mol. The summed E-state index contributed by atoms with van der Waals surface area (Å²) in [5, 5.41) is 2.99. The Labute approximate surface area is 289 Å². The van der Waals surface area contributed by atoms with Crippen molar-refractivity contribution in [2.75, 3.05) is 29.9 Å². The molecule has 2 N–H and O–H groups in total. The van der Waals surface area contributed by atoms with E-state index in [1.165, 1.54) is 11.1 Å². The fourth-order valence-electron chi connectivity index (χ4n) is 7.21. The van der Waals surface area contributed by atoms with Crippen LogP contribution in [0.15, 0.2) is 24.3 Å². The minimum absolute atomic E-state index is 0.0000107. The first-order valence-corrected chi connectivity index (χ1v) is 17.9. The second-order valence-electron chi connectivity index (χ2n) is 14.4. The number of piperidine rings is 1. The lowest BCUT2D eigenvalue weighted by Crippen LogP contribution is -2.53. The molecule has 1 spiro atoms. The van der Waals surface area contributed by atoms with Crippen LogP contribution in [-0.4, -0.2) is 56.9 Å². The van der Waals surface area contributed by atoms with Gasteiger partial charge in [-0.25, -0.2) is 24.5 Å². The van der Waals surface area contributed by atoms with Crippen LogP contribution < -0.4 is 14.9 Å². The molecule has 1 fully saturated rings. The number of esters is 1. The van der Waals surface area contributed by atoms with Crippen LogP contribution in [0.3, 0.4) is 0 Å². The molecule has 1 unspecified atom stereocenters. The van der Waals surface area contributed by atoms with Gasteiger partial charge < -0.3 is 18.9 Å². The summed E-state index contributed by atoms with van der Waals surface area (Å²) >= 11 is 5.52. The number of rotatable bonds is 5. The van der Waals surface area contributed by atoms with E-state index in [0.717, 1.165) is 24.8 Å². The van der Waals surface area contributed by atoms with Crippen molar-refractivity contribution in [3.8, 4) is 11.3 Å². The van der Waals surface area contributed by atoms with Crippen molar-refractivity contribution in [2.24, 2.45) is 5.41 Å². The minimum Gasteiger partial charge on any atom is -0.597 e. The summed E-state index contributed by atoms with van der Waals surface area (Å²) in [7, 11) is 0. The monoisotopic (exact) mass is 694 g/mol. The smallest absolute Gasteiger partial charge is 0.413 e. The third kappa shape index (κ3) is 6.12. The van der Waals surface area contributed by atoms with E-state index in [-0.39, 0.29) is 29.6 Å². The van der Waals surface area contributed by atoms with E-state index in [9.17, 15) is 14.1 Å². The van der Waals surface area contributed by atoms with Gasteiger partial charge in [0.25, 0.3) is 0 Å². The predicted molar refractivity (Wildman–Crippen MR) is 187 cm³/mol. The molecular weight excluding hydrogens is 652 g/mol. The van der Waals surface area contributed by atoms with Crippen molar-refractivity contribution in [2.45, 2.75) is 91.0 Å². The van der Waals surface area contributed by atoms with Crippen LogP contribution in [-0.2, 0) is 32.0 Å². The number of nitrogens with zero attached hydrogens (tertiary/aromatic N) is 4. The molecule has 0 saturated carbocycles. The van der Waals surface area contributed by atoms with Crippen LogP contribution in [0.25, 0.3) is 11.3 Å². The number of benzene rings is 1. The first-order chi connectivity index (χ1) is 22.5. The third-order valence-electron chi connectivity index (χ3n) is 9.56. The number of ether oxygens (including phenoxy) is 2. The molecule has 2 aliphatic heterocycles. The van der Waals surface area contributed by atoms with E-state index >= 15 is 0 Å². The summed E-state index contributed by atoms with van der Waals surface area (Å²) in [5.41, 5.74) is 4.95. The predicted octanol–water partition coefficient (Wildman–Crippen LogP) is 6.72. The third-order valence-corrected chi connectivity index (χ3v) is 11.6. The topological polar surface area (TPSA) is 142 Å². The lowest BCUT2D eigenvalue weighted by atomic mass is 9.72. The van der Waals surface area contributed by atoms with Gasteiger partial charge in [-0.2, -0.15) is 0 Å². The maximum Gasteiger partial charge on any atom is 0.413 e. The van der Waals surface area contributed by atoms with Gasteiger partial charge in [0.15, 0.2) is 16.3 Å². The number of carbonyl (C=O) groups is 2. The van der Waals surface area contributed by atoms with Gasteiger partial charge in [0.1, 0.15) is 11.4 Å². The van der Waals surface area contributed by atoms with Gasteiger partial charge in [0.2, 0.25) is 0 Å². The standard InChI is InChI=1S/C35H43ClN6O5S/c1-9-46-31(43)28-30(38-20(3)27(40-28)22-17-24(37-19(2)26(22)36)39-32(44)47-33(4,5)6)42-15-13-35(14-16-42)18-21-11-10-12-23-25(21)29(35)41-48(45)34(23,7)8/h10-12,17,29,41H,9,13-16,18H2,1-8H3,(H,37,39,44)/t29-,48?/m1/s1. The summed E-state index contributed by atoms with van der Waals surface area (Å²) in [5.74, 6) is 0.0999. The molecule has 3 aliphatic rings. The summed E-state index contributed by atoms with van der Waals surface area (Å²) < 4.78 is 27.3. The Morgan fingerprint density at radius 1 is 1.15 bits per heavy atom. The van der Waals surface area contributed by atoms with Crippen molar-refractivity contribution >= 4 is 46.7 Å². The molecule has 6 rings (SSSR count). The van der Waals surface area contributed by atoms with Crippen molar-refractivity contribution < 1.29 is 23.6 Å². The Bertz CT molecular complexity index is 1790. The molecule has 0 bridgehead atoms. The molecule has 2 atom stereocenters. The van der Waals surface area contributed by atoms with Gasteiger partial charge in [-0.3, -0.25) is 5.32 Å². The zero-order chi connectivity index (χ0) is 34.8. The number of fused-ring (bicyclic) bond motifs is 1. The van der Waals surface area contributed by atoms with E-state index in [2.05, 4.69) is 38.1 Å². The van der Waals surface area contributed by atoms with Gasteiger partial charge in [-0.05, 0) is 91.8 Å². The lowest BCUT2D eigenvalue weighted by Gasteiger charge is -2.46. The van der Waals surface area contributed by atoms with Gasteiger partial charge in [-0.1, -0.05) is 29.8 Å². The fourth-order valence-corrected chi connectivity index (χ4v) is 8.65. The number of amides is 1. The average Bonchev–Trinajstić information content (AvgIpc) is 3.30. The van der Waals surface area contributed by atoms with Crippen LogP contribution in [0, 0.1) is 19.3 Å². The quantitative estimate of drug-likeness (QED) is 0.218. The molecule has 11 nitrogen and oxygen atoms in total. The lowest BCUT2D eigenvalue weighted by molar-refractivity contribution is 0.0518. The molecule has 1 aromatic carbocycles. The first kappa shape index (κ1) is 34.4. The van der Waals surface area contributed by atoms with Crippen LogP contribution in [0.5, 0.6) is 0 Å². The van der Waals surface area contributed by atoms with Crippen molar-refractivity contribution in [1.82, 2.24) is 19.7 Å². The summed E-state index contributed by atoms with van der Waals surface area (Å²) in [6, 6.07) is 8.01. The van der Waals surface area contributed by atoms with Gasteiger partial charge in [0, 0.05) is 41.0 Å². The molecular formula is C35H43ClN6O5S. The first-order valence-electron chi connectivity index (χ1n) is 16.3. The number of nitrogens with one attached hydrogen (secondary N) is 2. The highest BCUT2D eigenvalue weighted by Crippen LogP contribution is 2.57. The van der Waals surface area contributed by atoms with E-state index in [4.69, 9.17) is 31.0 Å². The SMILES string of the molecule is CCOC(=O)c1nc(-c2cc(NC(=O)OC(C)(C)C)nc(C)c2Cl)c(C)nc1N1CCC2(CC1)Cc1cccc3c1[C@H]2N[S+]([O-])C3(C)C. The summed E-state index contributed by atoms with van der Waals surface area (Å²) in [6.07, 6.45) is 1.88. The van der Waals surface area contributed by atoms with Crippen molar-refractivity contribution in [3.63, 3.8) is 0 Å². The van der Waals surface area contributed by atoms with E-state index < -0.39 is 33.8 Å². The van der Waals surface area contributed by atoms with Gasteiger partial charge >= 0.3 is 12.1 Å². The molecule has 1 aliphatic carbocycles. The minimum atomic E-state index is -1.22. The molecule has 48 heavy (non-hydrogen) atoms. The normalized spacial score (nSPS) is 20.8. The van der Waals surface area contributed by atoms with E-state index in [0.29, 0.717) is 46.6 Å². The van der Waals surface area contributed by atoms with Gasteiger partial charge in [0.05, 0.1) is 34.8 Å². The molecule has 2 aromatic heterocycles. The number of aromatic nitrogens is 3. The number of carbonyl (C=O) groups excluding carboxylic acids is 2. The van der Waals surface area contributed by atoms with Crippen molar-refractivity contribution in [1.29, 1.82) is 0 Å². The van der Waals surface area contributed by atoms with E-state index in [1.807, 2.05) is 20.8 Å². The highest BCUT2D eigenvalue weighted by molar-refractivity contribution is 7.90. The highest BCUT2D eigenvalue weighted by Gasteiger charge is 2.56. The second kappa shape index (κ2) is 12.5. The Kier molecular flexibility index (Phi) is 8.93. The molecule has 256 valence electrons. The number of pyridine rings is 1. The van der Waals surface area contributed by atoms with Crippen LogP contribution in [0.2, 0.25) is 5.02 Å². The number of anilines is 2. The van der Waals surface area contributed by atoms with Crippen LogP contribution in [0.1, 0.15) is 99.0 Å². The van der Waals surface area contributed by atoms with Crippen LogP contribution in [0.4, 0.5) is 16.4 Å². The maximum absolute atomic E-state index is 13.4.